The van der Waals surface area contributed by atoms with Crippen LogP contribution in [0.4, 0.5) is 4.39 Å². The van der Waals surface area contributed by atoms with Crippen LogP contribution >= 0.6 is 11.6 Å². The van der Waals surface area contributed by atoms with Gasteiger partial charge in [-0.05, 0) is 29.7 Å². The van der Waals surface area contributed by atoms with E-state index in [9.17, 15) is 4.39 Å². The van der Waals surface area contributed by atoms with Gasteiger partial charge in [-0.2, -0.15) is 0 Å². The maximum atomic E-state index is 13.0. The van der Waals surface area contributed by atoms with Crippen molar-refractivity contribution in [3.63, 3.8) is 0 Å². The lowest BCUT2D eigenvalue weighted by Crippen LogP contribution is -2.36. The molecule has 0 aliphatic rings. The van der Waals surface area contributed by atoms with Crippen LogP contribution in [0.15, 0.2) is 18.2 Å². The SMILES string of the molecule is CC(C)C(CO)NCc1cc(F)ccc1Cl. The molecule has 0 saturated carbocycles. The minimum absolute atomic E-state index is 0.000617. The zero-order chi connectivity index (χ0) is 12.1. The van der Waals surface area contributed by atoms with Crippen molar-refractivity contribution in [3.8, 4) is 0 Å². The monoisotopic (exact) mass is 245 g/mol. The highest BCUT2D eigenvalue weighted by molar-refractivity contribution is 6.31. The Labute approximate surface area is 100 Å². The van der Waals surface area contributed by atoms with Crippen molar-refractivity contribution in [2.45, 2.75) is 26.4 Å². The fourth-order valence-corrected chi connectivity index (χ4v) is 1.62. The Kier molecular flexibility index (Phi) is 5.19. The Morgan fingerprint density at radius 1 is 1.44 bits per heavy atom. The van der Waals surface area contributed by atoms with E-state index in [-0.39, 0.29) is 18.5 Å². The summed E-state index contributed by atoms with van der Waals surface area (Å²) in [5.74, 6) is 0.0173. The first-order valence-corrected chi connectivity index (χ1v) is 5.70. The number of rotatable bonds is 5. The maximum absolute atomic E-state index is 13.0. The maximum Gasteiger partial charge on any atom is 0.123 e. The lowest BCUT2D eigenvalue weighted by atomic mass is 10.1. The Bertz CT molecular complexity index is 344. The molecule has 2 N–H and O–H groups in total. The zero-order valence-electron chi connectivity index (χ0n) is 9.50. The second-order valence-corrected chi connectivity index (χ2v) is 4.56. The van der Waals surface area contributed by atoms with Gasteiger partial charge in [0, 0.05) is 17.6 Å². The van der Waals surface area contributed by atoms with Crippen LogP contribution in [0.1, 0.15) is 19.4 Å². The Balaban J connectivity index is 2.63. The molecule has 4 heteroatoms. The molecule has 0 heterocycles. The predicted octanol–water partition coefficient (Wildman–Crippen LogP) is 2.59. The van der Waals surface area contributed by atoms with Gasteiger partial charge in [0.1, 0.15) is 5.82 Å². The van der Waals surface area contributed by atoms with Crippen LogP contribution in [-0.4, -0.2) is 17.8 Å². The molecule has 1 aromatic carbocycles. The van der Waals surface area contributed by atoms with Gasteiger partial charge in [0.05, 0.1) is 6.61 Å². The minimum Gasteiger partial charge on any atom is -0.395 e. The van der Waals surface area contributed by atoms with Crippen LogP contribution in [0, 0.1) is 11.7 Å². The van der Waals surface area contributed by atoms with Crippen molar-refractivity contribution in [1.29, 1.82) is 0 Å². The van der Waals surface area contributed by atoms with Crippen molar-refractivity contribution >= 4 is 11.6 Å². The molecule has 1 unspecified atom stereocenters. The molecule has 0 radical (unpaired) electrons. The summed E-state index contributed by atoms with van der Waals surface area (Å²) >= 11 is 5.93. The van der Waals surface area contributed by atoms with Crippen LogP contribution in [0.5, 0.6) is 0 Å². The van der Waals surface area contributed by atoms with E-state index in [2.05, 4.69) is 5.32 Å². The van der Waals surface area contributed by atoms with E-state index in [0.717, 1.165) is 0 Å². The summed E-state index contributed by atoms with van der Waals surface area (Å²) in [7, 11) is 0. The highest BCUT2D eigenvalue weighted by Crippen LogP contribution is 2.17. The van der Waals surface area contributed by atoms with Crippen molar-refractivity contribution in [3.05, 3.63) is 34.6 Å². The number of nitrogens with one attached hydrogen (secondary N) is 1. The largest absolute Gasteiger partial charge is 0.395 e. The third-order valence-electron chi connectivity index (χ3n) is 2.56. The number of hydrogen-bond donors (Lipinski definition) is 2. The second kappa shape index (κ2) is 6.18. The Morgan fingerprint density at radius 3 is 2.69 bits per heavy atom. The van der Waals surface area contributed by atoms with Gasteiger partial charge in [-0.15, -0.1) is 0 Å². The molecular formula is C12H17ClFNO. The summed E-state index contributed by atoms with van der Waals surface area (Å²) < 4.78 is 13.0. The van der Waals surface area contributed by atoms with E-state index in [1.54, 1.807) is 0 Å². The van der Waals surface area contributed by atoms with Gasteiger partial charge >= 0.3 is 0 Å². The molecule has 90 valence electrons. The van der Waals surface area contributed by atoms with Gasteiger partial charge < -0.3 is 10.4 Å². The predicted molar refractivity (Wildman–Crippen MR) is 64.0 cm³/mol. The zero-order valence-corrected chi connectivity index (χ0v) is 10.3. The van der Waals surface area contributed by atoms with Crippen LogP contribution < -0.4 is 5.32 Å². The van der Waals surface area contributed by atoms with Crippen molar-refractivity contribution in [2.24, 2.45) is 5.92 Å². The normalized spacial score (nSPS) is 13.1. The Hall–Kier alpha value is -0.640. The first kappa shape index (κ1) is 13.4. The molecule has 0 saturated heterocycles. The third kappa shape index (κ3) is 3.74. The van der Waals surface area contributed by atoms with Gasteiger partial charge in [-0.1, -0.05) is 25.4 Å². The molecular weight excluding hydrogens is 229 g/mol. The summed E-state index contributed by atoms with van der Waals surface area (Å²) in [5, 5.41) is 12.8. The fourth-order valence-electron chi connectivity index (χ4n) is 1.43. The van der Waals surface area contributed by atoms with Gasteiger partial charge in [0.25, 0.3) is 0 Å². The molecule has 0 aliphatic carbocycles. The van der Waals surface area contributed by atoms with E-state index >= 15 is 0 Å². The lowest BCUT2D eigenvalue weighted by molar-refractivity contribution is 0.210. The quantitative estimate of drug-likeness (QED) is 0.836. The first-order chi connectivity index (χ1) is 7.54. The lowest BCUT2D eigenvalue weighted by Gasteiger charge is -2.20. The van der Waals surface area contributed by atoms with E-state index < -0.39 is 0 Å². The molecule has 1 atom stereocenters. The minimum atomic E-state index is -0.300. The summed E-state index contributed by atoms with van der Waals surface area (Å²) in [5.41, 5.74) is 0.709. The highest BCUT2D eigenvalue weighted by Gasteiger charge is 2.12. The molecule has 16 heavy (non-hydrogen) atoms. The van der Waals surface area contributed by atoms with Crippen LogP contribution in [0.25, 0.3) is 0 Å². The topological polar surface area (TPSA) is 32.3 Å². The number of benzene rings is 1. The van der Waals surface area contributed by atoms with Gasteiger partial charge in [-0.25, -0.2) is 4.39 Å². The smallest absolute Gasteiger partial charge is 0.123 e. The molecule has 0 bridgehead atoms. The van der Waals surface area contributed by atoms with Crippen LogP contribution in [0.2, 0.25) is 5.02 Å². The first-order valence-electron chi connectivity index (χ1n) is 5.32. The van der Waals surface area contributed by atoms with Gasteiger partial charge in [0.2, 0.25) is 0 Å². The molecule has 0 spiro atoms. The number of halogens is 2. The summed E-state index contributed by atoms with van der Waals surface area (Å²) in [6.45, 7) is 4.55. The highest BCUT2D eigenvalue weighted by atomic mass is 35.5. The Morgan fingerprint density at radius 2 is 2.12 bits per heavy atom. The van der Waals surface area contributed by atoms with Gasteiger partial charge in [-0.3, -0.25) is 0 Å². The third-order valence-corrected chi connectivity index (χ3v) is 2.93. The second-order valence-electron chi connectivity index (χ2n) is 4.15. The van der Waals surface area contributed by atoms with Crippen molar-refractivity contribution in [2.75, 3.05) is 6.61 Å². The standard InChI is InChI=1S/C12H17ClFNO/c1-8(2)12(7-16)15-6-9-5-10(14)3-4-11(9)13/h3-5,8,12,15-16H,6-7H2,1-2H3. The average Bonchev–Trinajstić information content (AvgIpc) is 2.23. The molecule has 0 amide bonds. The molecule has 1 aromatic rings. The van der Waals surface area contributed by atoms with E-state index in [0.29, 0.717) is 23.0 Å². The average molecular weight is 246 g/mol. The fraction of sp³-hybridized carbons (Fsp3) is 0.500. The van der Waals surface area contributed by atoms with E-state index in [1.807, 2.05) is 13.8 Å². The number of hydrogen-bond acceptors (Lipinski definition) is 2. The number of aliphatic hydroxyl groups excluding tert-OH is 1. The number of aliphatic hydroxyl groups is 1. The van der Waals surface area contributed by atoms with Gasteiger partial charge in [0.15, 0.2) is 0 Å². The van der Waals surface area contributed by atoms with E-state index in [1.165, 1.54) is 18.2 Å². The molecule has 0 aromatic heterocycles. The van der Waals surface area contributed by atoms with Crippen molar-refractivity contribution < 1.29 is 9.50 Å². The molecule has 2 nitrogen and oxygen atoms in total. The van der Waals surface area contributed by atoms with E-state index in [4.69, 9.17) is 16.7 Å². The summed E-state index contributed by atoms with van der Waals surface area (Å²) in [6.07, 6.45) is 0. The molecule has 1 rings (SSSR count). The summed E-state index contributed by atoms with van der Waals surface area (Å²) in [4.78, 5) is 0. The van der Waals surface area contributed by atoms with Crippen molar-refractivity contribution in [1.82, 2.24) is 5.32 Å². The molecule has 0 aliphatic heterocycles. The van der Waals surface area contributed by atoms with Crippen LogP contribution in [0.3, 0.4) is 0 Å². The van der Waals surface area contributed by atoms with Crippen LogP contribution in [-0.2, 0) is 6.54 Å². The molecule has 0 fully saturated rings. The summed E-state index contributed by atoms with van der Waals surface area (Å²) in [6, 6.07) is 4.28.